The smallest absolute Gasteiger partial charge is 0.266 e. The summed E-state index contributed by atoms with van der Waals surface area (Å²) in [6, 6.07) is 14.2. The SMILES string of the molecule is Cc1nc(-n2nc(-c3ccco3)cc2NC(=O)C(C)Oc2ccccc2)[nH]c(=O)c1C. The molecular weight excluding hydrogens is 398 g/mol. The molecule has 31 heavy (non-hydrogen) atoms. The van der Waals surface area contributed by atoms with Crippen LogP contribution in [-0.4, -0.2) is 31.8 Å². The van der Waals surface area contributed by atoms with E-state index in [1.165, 1.54) is 10.9 Å². The number of hydrogen-bond acceptors (Lipinski definition) is 6. The highest BCUT2D eigenvalue weighted by atomic mass is 16.5. The van der Waals surface area contributed by atoms with E-state index in [4.69, 9.17) is 9.15 Å². The van der Waals surface area contributed by atoms with Crippen LogP contribution < -0.4 is 15.6 Å². The van der Waals surface area contributed by atoms with E-state index in [2.05, 4.69) is 20.4 Å². The van der Waals surface area contributed by atoms with Crippen molar-refractivity contribution in [2.45, 2.75) is 26.9 Å². The van der Waals surface area contributed by atoms with E-state index in [-0.39, 0.29) is 17.4 Å². The topological polar surface area (TPSA) is 115 Å². The maximum absolute atomic E-state index is 12.8. The van der Waals surface area contributed by atoms with Crippen molar-refractivity contribution in [1.82, 2.24) is 19.7 Å². The highest BCUT2D eigenvalue weighted by Crippen LogP contribution is 2.24. The van der Waals surface area contributed by atoms with Crippen molar-refractivity contribution in [2.24, 2.45) is 0 Å². The first-order valence-corrected chi connectivity index (χ1v) is 9.67. The average molecular weight is 419 g/mol. The van der Waals surface area contributed by atoms with E-state index in [1.54, 1.807) is 51.1 Å². The van der Waals surface area contributed by atoms with Crippen LogP contribution in [0.4, 0.5) is 5.82 Å². The first kappa shape index (κ1) is 20.1. The molecule has 0 bridgehead atoms. The molecule has 0 spiro atoms. The van der Waals surface area contributed by atoms with E-state index in [0.29, 0.717) is 34.3 Å². The normalized spacial score (nSPS) is 11.8. The molecular formula is C22H21N5O4. The van der Waals surface area contributed by atoms with Crippen molar-refractivity contribution in [2.75, 3.05) is 5.32 Å². The van der Waals surface area contributed by atoms with Crippen molar-refractivity contribution in [3.05, 3.63) is 76.4 Å². The summed E-state index contributed by atoms with van der Waals surface area (Å²) in [5, 5.41) is 7.26. The van der Waals surface area contributed by atoms with Crippen LogP contribution in [0.2, 0.25) is 0 Å². The number of ether oxygens (including phenoxy) is 1. The highest BCUT2D eigenvalue weighted by Gasteiger charge is 2.21. The number of nitrogens with one attached hydrogen (secondary N) is 2. The predicted octanol–water partition coefficient (Wildman–Crippen LogP) is 3.24. The fourth-order valence-corrected chi connectivity index (χ4v) is 2.89. The molecule has 1 atom stereocenters. The molecule has 4 rings (SSSR count). The molecule has 0 aliphatic heterocycles. The minimum absolute atomic E-state index is 0.179. The van der Waals surface area contributed by atoms with Crippen LogP contribution in [0.3, 0.4) is 0 Å². The van der Waals surface area contributed by atoms with Gasteiger partial charge in [0.15, 0.2) is 11.9 Å². The number of benzene rings is 1. The zero-order valence-electron chi connectivity index (χ0n) is 17.2. The molecule has 0 radical (unpaired) electrons. The van der Waals surface area contributed by atoms with Crippen LogP contribution in [0.5, 0.6) is 5.75 Å². The molecule has 9 nitrogen and oxygen atoms in total. The van der Waals surface area contributed by atoms with Gasteiger partial charge in [-0.3, -0.25) is 14.6 Å². The monoisotopic (exact) mass is 419 g/mol. The predicted molar refractivity (Wildman–Crippen MR) is 114 cm³/mol. The fourth-order valence-electron chi connectivity index (χ4n) is 2.89. The molecule has 1 amide bonds. The number of rotatable bonds is 6. The number of aryl methyl sites for hydroxylation is 1. The summed E-state index contributed by atoms with van der Waals surface area (Å²) < 4.78 is 12.5. The number of hydrogen-bond donors (Lipinski definition) is 2. The summed E-state index contributed by atoms with van der Waals surface area (Å²) in [6.45, 7) is 5.07. The molecule has 3 heterocycles. The van der Waals surface area contributed by atoms with Gasteiger partial charge in [0.2, 0.25) is 5.95 Å². The van der Waals surface area contributed by atoms with Crippen molar-refractivity contribution in [3.8, 4) is 23.2 Å². The Morgan fingerprint density at radius 2 is 1.97 bits per heavy atom. The second-order valence-corrected chi connectivity index (χ2v) is 6.97. The number of amides is 1. The molecule has 4 aromatic rings. The number of furan rings is 1. The number of nitrogens with zero attached hydrogens (tertiary/aromatic N) is 3. The summed E-state index contributed by atoms with van der Waals surface area (Å²) in [6.07, 6.45) is 0.753. The third-order valence-corrected chi connectivity index (χ3v) is 4.74. The molecule has 1 unspecified atom stereocenters. The van der Waals surface area contributed by atoms with Crippen LogP contribution in [0.25, 0.3) is 17.4 Å². The van der Waals surface area contributed by atoms with Crippen LogP contribution >= 0.6 is 0 Å². The lowest BCUT2D eigenvalue weighted by atomic mass is 10.3. The Bertz CT molecular complexity index is 1260. The number of anilines is 1. The van der Waals surface area contributed by atoms with Crippen molar-refractivity contribution in [3.63, 3.8) is 0 Å². The third kappa shape index (κ3) is 4.25. The summed E-state index contributed by atoms with van der Waals surface area (Å²) in [4.78, 5) is 32.1. The van der Waals surface area contributed by atoms with Gasteiger partial charge >= 0.3 is 0 Å². The lowest BCUT2D eigenvalue weighted by molar-refractivity contribution is -0.122. The molecule has 0 saturated heterocycles. The first-order valence-electron chi connectivity index (χ1n) is 9.67. The van der Waals surface area contributed by atoms with E-state index < -0.39 is 6.10 Å². The summed E-state index contributed by atoms with van der Waals surface area (Å²) in [5.41, 5.74) is 1.26. The molecule has 1 aromatic carbocycles. The lowest BCUT2D eigenvalue weighted by Crippen LogP contribution is -2.31. The number of aromatic nitrogens is 4. The van der Waals surface area contributed by atoms with Crippen LogP contribution in [0.1, 0.15) is 18.2 Å². The molecule has 9 heteroatoms. The largest absolute Gasteiger partial charge is 0.481 e. The lowest BCUT2D eigenvalue weighted by Gasteiger charge is -2.15. The molecule has 0 aliphatic carbocycles. The van der Waals surface area contributed by atoms with Gasteiger partial charge in [0.25, 0.3) is 11.5 Å². The molecule has 0 saturated carbocycles. The highest BCUT2D eigenvalue weighted by molar-refractivity contribution is 5.94. The minimum atomic E-state index is -0.774. The Hall–Kier alpha value is -4.14. The number of para-hydroxylation sites is 1. The number of carbonyl (C=O) groups excluding carboxylic acids is 1. The minimum Gasteiger partial charge on any atom is -0.481 e. The molecule has 158 valence electrons. The van der Waals surface area contributed by atoms with E-state index in [1.807, 2.05) is 18.2 Å². The van der Waals surface area contributed by atoms with Crippen LogP contribution in [-0.2, 0) is 4.79 Å². The van der Waals surface area contributed by atoms with Gasteiger partial charge in [-0.1, -0.05) is 18.2 Å². The number of H-pyrrole nitrogens is 1. The second kappa shape index (κ2) is 8.31. The summed E-state index contributed by atoms with van der Waals surface area (Å²) in [7, 11) is 0. The standard InChI is InChI=1S/C22H21N5O4/c1-13-14(2)23-22(25-20(13)28)27-19(12-17(26-27)18-10-7-11-30-18)24-21(29)15(3)31-16-8-5-4-6-9-16/h4-12,15H,1-3H3,(H,24,29)(H,23,25,28). The van der Waals surface area contributed by atoms with Gasteiger partial charge in [-0.15, -0.1) is 0 Å². The Morgan fingerprint density at radius 3 is 2.65 bits per heavy atom. The Balaban J connectivity index is 1.67. The number of aromatic amines is 1. The Labute approximate surface area is 177 Å². The zero-order chi connectivity index (χ0) is 22.0. The molecule has 0 fully saturated rings. The van der Waals surface area contributed by atoms with Gasteiger partial charge in [-0.25, -0.2) is 4.98 Å². The molecule has 0 aliphatic rings. The van der Waals surface area contributed by atoms with E-state index in [9.17, 15) is 9.59 Å². The first-order chi connectivity index (χ1) is 14.9. The van der Waals surface area contributed by atoms with Gasteiger partial charge in [0.05, 0.1) is 6.26 Å². The van der Waals surface area contributed by atoms with Crippen LogP contribution in [0.15, 0.2) is 64.0 Å². The molecule has 2 N–H and O–H groups in total. The van der Waals surface area contributed by atoms with Gasteiger partial charge in [-0.05, 0) is 45.0 Å². The van der Waals surface area contributed by atoms with Crippen molar-refractivity contribution in [1.29, 1.82) is 0 Å². The maximum atomic E-state index is 12.8. The quantitative estimate of drug-likeness (QED) is 0.496. The second-order valence-electron chi connectivity index (χ2n) is 6.97. The van der Waals surface area contributed by atoms with Gasteiger partial charge in [0, 0.05) is 17.3 Å². The van der Waals surface area contributed by atoms with E-state index >= 15 is 0 Å². The van der Waals surface area contributed by atoms with Crippen molar-refractivity contribution >= 4 is 11.7 Å². The summed E-state index contributed by atoms with van der Waals surface area (Å²) in [5.74, 6) is 1.19. The maximum Gasteiger partial charge on any atom is 0.266 e. The zero-order valence-corrected chi connectivity index (χ0v) is 17.2. The van der Waals surface area contributed by atoms with Crippen LogP contribution in [0, 0.1) is 13.8 Å². The molecule has 3 aromatic heterocycles. The number of carbonyl (C=O) groups is 1. The van der Waals surface area contributed by atoms with E-state index in [0.717, 1.165) is 0 Å². The third-order valence-electron chi connectivity index (χ3n) is 4.74. The van der Waals surface area contributed by atoms with Crippen molar-refractivity contribution < 1.29 is 13.9 Å². The van der Waals surface area contributed by atoms with Gasteiger partial charge < -0.3 is 14.5 Å². The average Bonchev–Trinajstić information content (AvgIpc) is 3.42. The fraction of sp³-hybridized carbons (Fsp3) is 0.182. The Morgan fingerprint density at radius 1 is 1.19 bits per heavy atom. The van der Waals surface area contributed by atoms with Gasteiger partial charge in [-0.2, -0.15) is 9.78 Å². The Kier molecular flexibility index (Phi) is 5.40. The van der Waals surface area contributed by atoms with Gasteiger partial charge in [0.1, 0.15) is 17.3 Å². The summed E-state index contributed by atoms with van der Waals surface area (Å²) >= 11 is 0.